The maximum absolute atomic E-state index is 11.9. The lowest BCUT2D eigenvalue weighted by molar-refractivity contribution is -0.907. The second kappa shape index (κ2) is 7.08. The summed E-state index contributed by atoms with van der Waals surface area (Å²) < 4.78 is 5.29. The number of nitrogens with one attached hydrogen (secondary N) is 1. The molecule has 0 saturated heterocycles. The number of phenols is 1. The molecular weight excluding hydrogens is 361 g/mol. The van der Waals surface area contributed by atoms with Gasteiger partial charge in [-0.05, 0) is 25.1 Å². The molecule has 0 aliphatic carbocycles. The van der Waals surface area contributed by atoms with Gasteiger partial charge in [0.1, 0.15) is 24.4 Å². The van der Waals surface area contributed by atoms with Crippen molar-refractivity contribution in [1.82, 2.24) is 0 Å². The van der Waals surface area contributed by atoms with E-state index in [4.69, 9.17) is 27.6 Å². The van der Waals surface area contributed by atoms with Crippen LogP contribution in [-0.4, -0.2) is 12.2 Å². The first kappa shape index (κ1) is 17.8. The standard InChI is InChI=1S/C19H17Cl2NO3/c1-11-16(23)7-6-14-13(8-17(24)25-19(11)14)10-22(2)9-12-4-3-5-15(20)18(12)21/h3-8,23H,9-10H2,1-2H3/p+1. The molecule has 1 heterocycles. The highest BCUT2D eigenvalue weighted by Crippen LogP contribution is 2.27. The molecule has 4 nitrogen and oxygen atoms in total. The Morgan fingerprint density at radius 2 is 1.84 bits per heavy atom. The molecule has 6 heteroatoms. The minimum absolute atomic E-state index is 0.110. The SMILES string of the molecule is Cc1c(O)ccc2c(C[NH+](C)Cc3cccc(Cl)c3Cl)cc(=O)oc12. The minimum atomic E-state index is -0.426. The predicted molar refractivity (Wildman–Crippen MR) is 99.6 cm³/mol. The lowest BCUT2D eigenvalue weighted by Crippen LogP contribution is -3.06. The number of rotatable bonds is 4. The molecule has 130 valence electrons. The van der Waals surface area contributed by atoms with E-state index in [1.807, 2.05) is 19.2 Å². The fourth-order valence-electron chi connectivity index (χ4n) is 2.96. The van der Waals surface area contributed by atoms with E-state index in [0.29, 0.717) is 34.3 Å². The minimum Gasteiger partial charge on any atom is -0.508 e. The van der Waals surface area contributed by atoms with Gasteiger partial charge in [0, 0.05) is 28.1 Å². The van der Waals surface area contributed by atoms with Gasteiger partial charge in [-0.3, -0.25) is 0 Å². The van der Waals surface area contributed by atoms with E-state index in [9.17, 15) is 9.90 Å². The average molecular weight is 379 g/mol. The second-order valence-corrected chi connectivity index (χ2v) is 6.99. The van der Waals surface area contributed by atoms with Crippen LogP contribution in [0.4, 0.5) is 0 Å². The first-order chi connectivity index (χ1) is 11.9. The number of quaternary nitrogens is 1. The molecule has 0 spiro atoms. The molecular formula is C19H18Cl2NO3+. The van der Waals surface area contributed by atoms with E-state index < -0.39 is 5.63 Å². The molecule has 0 fully saturated rings. The number of phenolic OH excluding ortho intramolecular Hbond substituents is 1. The van der Waals surface area contributed by atoms with Crippen LogP contribution < -0.4 is 10.5 Å². The molecule has 3 aromatic rings. The molecule has 0 saturated carbocycles. The number of fused-ring (bicyclic) bond motifs is 1. The van der Waals surface area contributed by atoms with Gasteiger partial charge in [0.2, 0.25) is 0 Å². The normalized spacial score (nSPS) is 12.5. The molecule has 1 atom stereocenters. The molecule has 2 aromatic carbocycles. The van der Waals surface area contributed by atoms with E-state index in [1.54, 1.807) is 25.1 Å². The monoisotopic (exact) mass is 378 g/mol. The van der Waals surface area contributed by atoms with Crippen molar-refractivity contribution in [2.45, 2.75) is 20.0 Å². The van der Waals surface area contributed by atoms with Crippen LogP contribution in [0.25, 0.3) is 11.0 Å². The summed E-state index contributed by atoms with van der Waals surface area (Å²) >= 11 is 12.3. The van der Waals surface area contributed by atoms with Gasteiger partial charge in [-0.15, -0.1) is 0 Å². The molecule has 1 aromatic heterocycles. The smallest absolute Gasteiger partial charge is 0.336 e. The van der Waals surface area contributed by atoms with E-state index in [1.165, 1.54) is 6.07 Å². The van der Waals surface area contributed by atoms with Gasteiger partial charge in [0.05, 0.1) is 17.1 Å². The van der Waals surface area contributed by atoms with Crippen LogP contribution in [0.1, 0.15) is 16.7 Å². The van der Waals surface area contributed by atoms with Crippen molar-refractivity contribution in [2.24, 2.45) is 0 Å². The third-order valence-corrected chi connectivity index (χ3v) is 5.09. The first-order valence-electron chi connectivity index (χ1n) is 7.86. The summed E-state index contributed by atoms with van der Waals surface area (Å²) in [7, 11) is 2.02. The predicted octanol–water partition coefficient (Wildman–Crippen LogP) is 3.33. The summed E-state index contributed by atoms with van der Waals surface area (Å²) in [6.45, 7) is 3.00. The molecule has 0 radical (unpaired) electrons. The highest BCUT2D eigenvalue weighted by Gasteiger charge is 2.15. The summed E-state index contributed by atoms with van der Waals surface area (Å²) in [5.74, 6) is 0.110. The molecule has 1 unspecified atom stereocenters. The quantitative estimate of drug-likeness (QED) is 0.684. The Morgan fingerprint density at radius 1 is 1.12 bits per heavy atom. The highest BCUT2D eigenvalue weighted by molar-refractivity contribution is 6.42. The molecule has 0 aliphatic heterocycles. The van der Waals surface area contributed by atoms with Crippen LogP contribution >= 0.6 is 23.2 Å². The summed E-state index contributed by atoms with van der Waals surface area (Å²) in [6.07, 6.45) is 0. The maximum atomic E-state index is 11.9. The Morgan fingerprint density at radius 3 is 2.60 bits per heavy atom. The first-order valence-corrected chi connectivity index (χ1v) is 8.62. The van der Waals surface area contributed by atoms with Crippen LogP contribution in [0, 0.1) is 6.92 Å². The van der Waals surface area contributed by atoms with Crippen molar-refractivity contribution in [3.63, 3.8) is 0 Å². The lowest BCUT2D eigenvalue weighted by Gasteiger charge is -2.16. The van der Waals surface area contributed by atoms with Gasteiger partial charge < -0.3 is 14.4 Å². The van der Waals surface area contributed by atoms with Gasteiger partial charge >= 0.3 is 5.63 Å². The van der Waals surface area contributed by atoms with E-state index in [2.05, 4.69) is 0 Å². The van der Waals surface area contributed by atoms with E-state index in [-0.39, 0.29) is 5.75 Å². The number of hydrogen-bond acceptors (Lipinski definition) is 3. The molecule has 25 heavy (non-hydrogen) atoms. The average Bonchev–Trinajstić information content (AvgIpc) is 2.55. The zero-order valence-electron chi connectivity index (χ0n) is 13.9. The van der Waals surface area contributed by atoms with Crippen LogP contribution in [0.3, 0.4) is 0 Å². The fourth-order valence-corrected chi connectivity index (χ4v) is 3.35. The number of benzene rings is 2. The van der Waals surface area contributed by atoms with Crippen LogP contribution in [0.5, 0.6) is 5.75 Å². The summed E-state index contributed by atoms with van der Waals surface area (Å²) in [6, 6.07) is 10.5. The fraction of sp³-hybridized carbons (Fsp3) is 0.211. The van der Waals surface area contributed by atoms with Crippen LogP contribution in [-0.2, 0) is 13.1 Å². The van der Waals surface area contributed by atoms with E-state index >= 15 is 0 Å². The zero-order valence-corrected chi connectivity index (χ0v) is 15.4. The summed E-state index contributed by atoms with van der Waals surface area (Å²) in [4.78, 5) is 13.1. The summed E-state index contributed by atoms with van der Waals surface area (Å²) in [5.41, 5.74) is 2.38. The second-order valence-electron chi connectivity index (χ2n) is 6.20. The molecule has 0 aliphatic rings. The Kier molecular flexibility index (Phi) is 5.04. The van der Waals surface area contributed by atoms with Gasteiger partial charge in [-0.25, -0.2) is 4.79 Å². The Balaban J connectivity index is 1.93. The Hall–Kier alpha value is -2.01. The van der Waals surface area contributed by atoms with E-state index in [0.717, 1.165) is 21.4 Å². The molecule has 3 rings (SSSR count). The van der Waals surface area contributed by atoms with Gasteiger partial charge in [-0.2, -0.15) is 0 Å². The van der Waals surface area contributed by atoms with Crippen molar-refractivity contribution in [2.75, 3.05) is 7.05 Å². The lowest BCUT2D eigenvalue weighted by atomic mass is 10.1. The topological polar surface area (TPSA) is 54.9 Å². The van der Waals surface area contributed by atoms with Crippen molar-refractivity contribution in [3.05, 3.63) is 73.6 Å². The number of hydrogen-bond donors (Lipinski definition) is 2. The van der Waals surface area contributed by atoms with Crippen molar-refractivity contribution in [1.29, 1.82) is 0 Å². The Bertz CT molecular complexity index is 998. The zero-order chi connectivity index (χ0) is 18.1. The third-order valence-electron chi connectivity index (χ3n) is 4.23. The Labute approximate surface area is 155 Å². The van der Waals surface area contributed by atoms with Crippen molar-refractivity contribution in [3.8, 4) is 5.75 Å². The largest absolute Gasteiger partial charge is 0.508 e. The molecule has 0 bridgehead atoms. The van der Waals surface area contributed by atoms with Gasteiger partial charge in [-0.1, -0.05) is 35.3 Å². The number of halogens is 2. The molecule has 0 amide bonds. The van der Waals surface area contributed by atoms with Gasteiger partial charge in [0.15, 0.2) is 0 Å². The highest BCUT2D eigenvalue weighted by atomic mass is 35.5. The maximum Gasteiger partial charge on any atom is 0.336 e. The van der Waals surface area contributed by atoms with Crippen LogP contribution in [0.15, 0.2) is 45.6 Å². The molecule has 2 N–H and O–H groups in total. The van der Waals surface area contributed by atoms with Gasteiger partial charge in [0.25, 0.3) is 0 Å². The summed E-state index contributed by atoms with van der Waals surface area (Å²) in [5, 5.41) is 11.8. The van der Waals surface area contributed by atoms with Crippen molar-refractivity contribution >= 4 is 34.2 Å². The number of aromatic hydroxyl groups is 1. The number of aryl methyl sites for hydroxylation is 1. The van der Waals surface area contributed by atoms with Crippen molar-refractivity contribution < 1.29 is 14.4 Å². The third kappa shape index (κ3) is 3.66. The van der Waals surface area contributed by atoms with Crippen LogP contribution in [0.2, 0.25) is 10.0 Å².